The zero-order valence-corrected chi connectivity index (χ0v) is 8.85. The van der Waals surface area contributed by atoms with Crippen LogP contribution in [0.25, 0.3) is 0 Å². The summed E-state index contributed by atoms with van der Waals surface area (Å²) in [5.41, 5.74) is 5.13. The fourth-order valence-electron chi connectivity index (χ4n) is 2.21. The third-order valence-electron chi connectivity index (χ3n) is 3.02. The molecule has 1 fully saturated rings. The first-order chi connectivity index (χ1) is 6.02. The molecule has 13 heavy (non-hydrogen) atoms. The Balaban J connectivity index is 2.48. The second-order valence-corrected chi connectivity index (χ2v) is 4.97. The number of hydrogen-bond donors (Lipinski definition) is 1. The van der Waals surface area contributed by atoms with Crippen LogP contribution in [0.15, 0.2) is 0 Å². The van der Waals surface area contributed by atoms with Crippen molar-refractivity contribution in [2.45, 2.75) is 64.1 Å². The normalized spacial score (nSPS) is 24.0. The molecule has 0 aromatic carbocycles. The van der Waals surface area contributed by atoms with Gasteiger partial charge in [-0.25, -0.2) is 4.39 Å². The molecule has 0 radical (unpaired) electrons. The van der Waals surface area contributed by atoms with Crippen LogP contribution < -0.4 is 5.73 Å². The molecule has 1 saturated carbocycles. The summed E-state index contributed by atoms with van der Waals surface area (Å²) in [4.78, 5) is 0. The first kappa shape index (κ1) is 11.0. The molecule has 78 valence electrons. The summed E-state index contributed by atoms with van der Waals surface area (Å²) in [5.74, 6) is 0.211. The van der Waals surface area contributed by atoms with Crippen LogP contribution in [0.5, 0.6) is 0 Å². The van der Waals surface area contributed by atoms with Crippen LogP contribution in [0.1, 0.15) is 52.4 Å². The van der Waals surface area contributed by atoms with Gasteiger partial charge in [0.2, 0.25) is 0 Å². The smallest absolute Gasteiger partial charge is 0.120 e. The minimum atomic E-state index is -0.828. The third kappa shape index (κ3) is 3.26. The average Bonchev–Trinajstić information content (AvgIpc) is 2.28. The van der Waals surface area contributed by atoms with Gasteiger partial charge in [-0.3, -0.25) is 0 Å². The molecule has 0 amide bonds. The predicted octanol–water partition coefficient (Wildman–Crippen LogP) is 3.03. The van der Waals surface area contributed by atoms with Gasteiger partial charge in [0.1, 0.15) is 6.17 Å². The molecular formula is C11H22FN. The van der Waals surface area contributed by atoms with E-state index in [2.05, 4.69) is 0 Å². The molecule has 1 rings (SSSR count). The number of nitrogens with two attached hydrogens (primary N) is 1. The number of hydrogen-bond acceptors (Lipinski definition) is 1. The van der Waals surface area contributed by atoms with Crippen LogP contribution in [0.3, 0.4) is 0 Å². The zero-order valence-electron chi connectivity index (χ0n) is 8.85. The fraction of sp³-hybridized carbons (Fsp3) is 1.00. The Morgan fingerprint density at radius 2 is 1.62 bits per heavy atom. The van der Waals surface area contributed by atoms with Gasteiger partial charge in [0.15, 0.2) is 0 Å². The van der Waals surface area contributed by atoms with Crippen molar-refractivity contribution < 1.29 is 4.39 Å². The van der Waals surface area contributed by atoms with Gasteiger partial charge in [-0.15, -0.1) is 0 Å². The monoisotopic (exact) mass is 187 g/mol. The summed E-state index contributed by atoms with van der Waals surface area (Å²) in [6.45, 7) is 3.59. The lowest BCUT2D eigenvalue weighted by Gasteiger charge is -2.30. The van der Waals surface area contributed by atoms with Crippen molar-refractivity contribution in [3.63, 3.8) is 0 Å². The molecule has 1 aliphatic rings. The molecule has 2 heteroatoms. The van der Waals surface area contributed by atoms with E-state index in [0.717, 1.165) is 12.8 Å². The van der Waals surface area contributed by atoms with E-state index < -0.39 is 11.7 Å². The van der Waals surface area contributed by atoms with Crippen molar-refractivity contribution in [1.29, 1.82) is 0 Å². The van der Waals surface area contributed by atoms with E-state index in [1.807, 2.05) is 0 Å². The lowest BCUT2D eigenvalue weighted by atomic mass is 9.84. The molecule has 0 aromatic rings. The van der Waals surface area contributed by atoms with Gasteiger partial charge in [-0.1, -0.05) is 25.7 Å². The maximum Gasteiger partial charge on any atom is 0.120 e. The summed E-state index contributed by atoms with van der Waals surface area (Å²) in [6, 6.07) is 0. The summed E-state index contributed by atoms with van der Waals surface area (Å²) >= 11 is 0. The molecule has 0 heterocycles. The highest BCUT2D eigenvalue weighted by Gasteiger charge is 2.32. The van der Waals surface area contributed by atoms with E-state index in [-0.39, 0.29) is 5.92 Å². The average molecular weight is 187 g/mol. The summed E-state index contributed by atoms with van der Waals surface area (Å²) in [5, 5.41) is 0. The van der Waals surface area contributed by atoms with Gasteiger partial charge in [0.05, 0.1) is 0 Å². The second kappa shape index (κ2) is 4.41. The lowest BCUT2D eigenvalue weighted by molar-refractivity contribution is 0.131. The van der Waals surface area contributed by atoms with Crippen LogP contribution in [-0.2, 0) is 0 Å². The van der Waals surface area contributed by atoms with Crippen molar-refractivity contribution in [1.82, 2.24) is 0 Å². The SMILES string of the molecule is CC(C)(N)C(F)C1CCCCCC1. The Labute approximate surface area is 80.9 Å². The van der Waals surface area contributed by atoms with Crippen molar-refractivity contribution >= 4 is 0 Å². The molecule has 0 saturated heterocycles. The van der Waals surface area contributed by atoms with E-state index >= 15 is 0 Å². The summed E-state index contributed by atoms with van der Waals surface area (Å²) < 4.78 is 13.9. The molecule has 1 nitrogen and oxygen atoms in total. The highest BCUT2D eigenvalue weighted by atomic mass is 19.1. The van der Waals surface area contributed by atoms with Gasteiger partial charge >= 0.3 is 0 Å². The molecular weight excluding hydrogens is 165 g/mol. The maximum atomic E-state index is 13.9. The highest BCUT2D eigenvalue weighted by molar-refractivity contribution is 4.88. The third-order valence-corrected chi connectivity index (χ3v) is 3.02. The van der Waals surface area contributed by atoms with Crippen molar-refractivity contribution in [3.05, 3.63) is 0 Å². The molecule has 1 atom stereocenters. The van der Waals surface area contributed by atoms with E-state index in [4.69, 9.17) is 5.73 Å². The molecule has 0 aliphatic heterocycles. The molecule has 2 N–H and O–H groups in total. The first-order valence-corrected chi connectivity index (χ1v) is 5.45. The van der Waals surface area contributed by atoms with Gasteiger partial charge in [-0.2, -0.15) is 0 Å². The van der Waals surface area contributed by atoms with E-state index in [1.54, 1.807) is 13.8 Å². The molecule has 1 aliphatic carbocycles. The van der Waals surface area contributed by atoms with E-state index in [9.17, 15) is 4.39 Å². The quantitative estimate of drug-likeness (QED) is 0.661. The Morgan fingerprint density at radius 3 is 2.00 bits per heavy atom. The first-order valence-electron chi connectivity index (χ1n) is 5.45. The van der Waals surface area contributed by atoms with E-state index in [1.165, 1.54) is 25.7 Å². The highest BCUT2D eigenvalue weighted by Crippen LogP contribution is 2.31. The molecule has 1 unspecified atom stereocenters. The zero-order chi connectivity index (χ0) is 9.90. The Hall–Kier alpha value is -0.110. The predicted molar refractivity (Wildman–Crippen MR) is 54.4 cm³/mol. The van der Waals surface area contributed by atoms with Crippen molar-refractivity contribution in [2.75, 3.05) is 0 Å². The number of rotatable bonds is 2. The maximum absolute atomic E-state index is 13.9. The van der Waals surface area contributed by atoms with Crippen LogP contribution >= 0.6 is 0 Å². The number of alkyl halides is 1. The lowest BCUT2D eigenvalue weighted by Crippen LogP contribution is -2.46. The Kier molecular flexibility index (Phi) is 3.72. The standard InChI is InChI=1S/C11H22FN/c1-11(2,13)10(12)9-7-5-3-4-6-8-9/h9-10H,3-8,13H2,1-2H3. The molecule has 0 spiro atoms. The summed E-state index contributed by atoms with van der Waals surface area (Å²) in [6.07, 6.45) is 6.14. The van der Waals surface area contributed by atoms with Crippen LogP contribution in [0, 0.1) is 5.92 Å². The fourth-order valence-corrected chi connectivity index (χ4v) is 2.21. The van der Waals surface area contributed by atoms with Crippen LogP contribution in [-0.4, -0.2) is 11.7 Å². The molecule has 0 bridgehead atoms. The Bertz CT molecular complexity index is 143. The minimum Gasteiger partial charge on any atom is -0.323 e. The van der Waals surface area contributed by atoms with Crippen molar-refractivity contribution in [2.24, 2.45) is 11.7 Å². The Morgan fingerprint density at radius 1 is 1.15 bits per heavy atom. The summed E-state index contributed by atoms with van der Waals surface area (Å²) in [7, 11) is 0. The van der Waals surface area contributed by atoms with Gasteiger partial charge < -0.3 is 5.73 Å². The van der Waals surface area contributed by atoms with Gasteiger partial charge in [-0.05, 0) is 32.6 Å². The van der Waals surface area contributed by atoms with Crippen LogP contribution in [0.2, 0.25) is 0 Å². The minimum absolute atomic E-state index is 0.211. The molecule has 0 aromatic heterocycles. The topological polar surface area (TPSA) is 26.0 Å². The van der Waals surface area contributed by atoms with Crippen molar-refractivity contribution in [3.8, 4) is 0 Å². The largest absolute Gasteiger partial charge is 0.323 e. The van der Waals surface area contributed by atoms with Gasteiger partial charge in [0, 0.05) is 5.54 Å². The van der Waals surface area contributed by atoms with Crippen LogP contribution in [0.4, 0.5) is 4.39 Å². The van der Waals surface area contributed by atoms with Gasteiger partial charge in [0.25, 0.3) is 0 Å². The van der Waals surface area contributed by atoms with E-state index in [0.29, 0.717) is 0 Å². The second-order valence-electron chi connectivity index (χ2n) is 4.97. The number of halogens is 1.